The summed E-state index contributed by atoms with van der Waals surface area (Å²) in [6.07, 6.45) is 1.95. The largest absolute Gasteiger partial charge is 0.367 e. The summed E-state index contributed by atoms with van der Waals surface area (Å²) in [5.41, 5.74) is 7.95. The molecule has 1 rings (SSSR count). The first-order valence-corrected chi connectivity index (χ1v) is 7.80. The average molecular weight is 293 g/mol. The van der Waals surface area contributed by atoms with Crippen molar-refractivity contribution < 1.29 is 0 Å². The third-order valence-electron chi connectivity index (χ3n) is 3.32. The second-order valence-corrected chi connectivity index (χ2v) is 6.56. The highest BCUT2D eigenvalue weighted by Crippen LogP contribution is 2.21. The minimum atomic E-state index is 0.324. The number of rotatable bonds is 8. The van der Waals surface area contributed by atoms with Gasteiger partial charge < -0.3 is 15.5 Å². The van der Waals surface area contributed by atoms with Crippen LogP contribution in [0.2, 0.25) is 0 Å². The fourth-order valence-electron chi connectivity index (χ4n) is 2.19. The molecule has 5 nitrogen and oxygen atoms in total. The summed E-state index contributed by atoms with van der Waals surface area (Å²) in [5, 5.41) is 0. The van der Waals surface area contributed by atoms with Crippen LogP contribution in [0.4, 0.5) is 5.69 Å². The van der Waals surface area contributed by atoms with Gasteiger partial charge in [0.05, 0.1) is 17.6 Å². The molecule has 0 saturated carbocycles. The van der Waals surface area contributed by atoms with Crippen LogP contribution in [0.15, 0.2) is 6.20 Å². The van der Waals surface area contributed by atoms with E-state index in [0.29, 0.717) is 18.4 Å². The Morgan fingerprint density at radius 1 is 1.14 bits per heavy atom. The zero-order chi connectivity index (χ0) is 16.0. The van der Waals surface area contributed by atoms with Crippen LogP contribution < -0.4 is 10.6 Å². The van der Waals surface area contributed by atoms with Gasteiger partial charge in [0.1, 0.15) is 5.82 Å². The second-order valence-electron chi connectivity index (χ2n) is 6.56. The molecular weight excluding hydrogens is 262 g/mol. The van der Waals surface area contributed by atoms with Crippen LogP contribution in [-0.4, -0.2) is 48.6 Å². The maximum atomic E-state index is 5.92. The van der Waals surface area contributed by atoms with Crippen LogP contribution in [0.25, 0.3) is 0 Å². The highest BCUT2D eigenvalue weighted by molar-refractivity contribution is 5.49. The molecule has 0 bridgehead atoms. The molecule has 0 amide bonds. The molecule has 1 aromatic rings. The van der Waals surface area contributed by atoms with Crippen molar-refractivity contribution in [1.29, 1.82) is 0 Å². The minimum Gasteiger partial charge on any atom is -0.367 e. The van der Waals surface area contributed by atoms with E-state index in [1.807, 2.05) is 6.20 Å². The molecule has 5 heteroatoms. The Labute approximate surface area is 129 Å². The molecule has 0 unspecified atom stereocenters. The van der Waals surface area contributed by atoms with Crippen molar-refractivity contribution in [2.24, 2.45) is 11.7 Å². The summed E-state index contributed by atoms with van der Waals surface area (Å²) in [6.45, 7) is 12.1. The van der Waals surface area contributed by atoms with Crippen molar-refractivity contribution >= 4 is 5.69 Å². The number of nitrogens with zero attached hydrogens (tertiary/aromatic N) is 4. The van der Waals surface area contributed by atoms with Gasteiger partial charge in [-0.1, -0.05) is 27.7 Å². The molecule has 0 spiro atoms. The van der Waals surface area contributed by atoms with Gasteiger partial charge in [-0.25, -0.2) is 9.97 Å². The molecule has 0 aliphatic heterocycles. The van der Waals surface area contributed by atoms with E-state index >= 15 is 0 Å². The smallest absolute Gasteiger partial charge is 0.131 e. The SMILES string of the molecule is CC(C)CN(CCN(C)C)c1cnc(C(C)C)nc1CN. The molecular formula is C16H31N5. The van der Waals surface area contributed by atoms with Crippen LogP contribution in [0.3, 0.4) is 0 Å². The lowest BCUT2D eigenvalue weighted by atomic mass is 10.1. The Morgan fingerprint density at radius 3 is 2.29 bits per heavy atom. The lowest BCUT2D eigenvalue weighted by Crippen LogP contribution is -2.35. The second kappa shape index (κ2) is 8.29. The van der Waals surface area contributed by atoms with E-state index in [-0.39, 0.29) is 0 Å². The fourth-order valence-corrected chi connectivity index (χ4v) is 2.19. The molecule has 0 radical (unpaired) electrons. The first kappa shape index (κ1) is 17.9. The van der Waals surface area contributed by atoms with Gasteiger partial charge >= 0.3 is 0 Å². The van der Waals surface area contributed by atoms with Crippen molar-refractivity contribution in [3.63, 3.8) is 0 Å². The normalized spacial score (nSPS) is 11.7. The number of hydrogen-bond donors (Lipinski definition) is 1. The topological polar surface area (TPSA) is 58.3 Å². The lowest BCUT2D eigenvalue weighted by Gasteiger charge is -2.29. The van der Waals surface area contributed by atoms with Crippen molar-refractivity contribution in [2.45, 2.75) is 40.2 Å². The fraction of sp³-hybridized carbons (Fsp3) is 0.750. The minimum absolute atomic E-state index is 0.324. The molecule has 0 aromatic carbocycles. The molecule has 0 saturated heterocycles. The van der Waals surface area contributed by atoms with Crippen LogP contribution in [-0.2, 0) is 6.54 Å². The third-order valence-corrected chi connectivity index (χ3v) is 3.32. The molecule has 1 aromatic heterocycles. The maximum Gasteiger partial charge on any atom is 0.131 e. The van der Waals surface area contributed by atoms with Crippen LogP contribution in [0.5, 0.6) is 0 Å². The van der Waals surface area contributed by atoms with Gasteiger partial charge in [-0.05, 0) is 20.0 Å². The summed E-state index contributed by atoms with van der Waals surface area (Å²) in [4.78, 5) is 13.7. The number of likely N-dealkylation sites (N-methyl/N-ethyl adjacent to an activating group) is 1. The highest BCUT2D eigenvalue weighted by atomic mass is 15.2. The zero-order valence-electron chi connectivity index (χ0n) is 14.4. The van der Waals surface area contributed by atoms with Crippen molar-refractivity contribution in [2.75, 3.05) is 38.6 Å². The molecule has 2 N–H and O–H groups in total. The van der Waals surface area contributed by atoms with Crippen LogP contribution >= 0.6 is 0 Å². The monoisotopic (exact) mass is 293 g/mol. The lowest BCUT2D eigenvalue weighted by molar-refractivity contribution is 0.408. The number of hydrogen-bond acceptors (Lipinski definition) is 5. The molecule has 0 aliphatic carbocycles. The Bertz CT molecular complexity index is 429. The Kier molecular flexibility index (Phi) is 7.05. The van der Waals surface area contributed by atoms with Crippen molar-refractivity contribution in [3.05, 3.63) is 17.7 Å². The summed E-state index contributed by atoms with van der Waals surface area (Å²) < 4.78 is 0. The van der Waals surface area contributed by atoms with E-state index in [4.69, 9.17) is 5.73 Å². The maximum absolute atomic E-state index is 5.92. The van der Waals surface area contributed by atoms with Crippen molar-refractivity contribution in [1.82, 2.24) is 14.9 Å². The van der Waals surface area contributed by atoms with E-state index in [0.717, 1.165) is 36.8 Å². The Morgan fingerprint density at radius 2 is 1.81 bits per heavy atom. The Balaban J connectivity index is 3.04. The number of nitrogens with two attached hydrogens (primary N) is 1. The summed E-state index contributed by atoms with van der Waals surface area (Å²) in [7, 11) is 4.19. The summed E-state index contributed by atoms with van der Waals surface area (Å²) >= 11 is 0. The molecule has 0 fully saturated rings. The van der Waals surface area contributed by atoms with E-state index in [2.05, 4.69) is 61.6 Å². The van der Waals surface area contributed by atoms with Gasteiger partial charge in [-0.2, -0.15) is 0 Å². The summed E-state index contributed by atoms with van der Waals surface area (Å²) in [6, 6.07) is 0. The highest BCUT2D eigenvalue weighted by Gasteiger charge is 2.16. The quantitative estimate of drug-likeness (QED) is 0.795. The third kappa shape index (κ3) is 5.59. The molecule has 21 heavy (non-hydrogen) atoms. The standard InChI is InChI=1S/C16H31N5/c1-12(2)11-21(8-7-20(5)6)15-10-18-16(13(3)4)19-14(15)9-17/h10,12-13H,7-9,11,17H2,1-6H3. The van der Waals surface area contributed by atoms with Gasteiger partial charge in [-0.3, -0.25) is 0 Å². The number of aromatic nitrogens is 2. The first-order chi connectivity index (χ1) is 9.85. The van der Waals surface area contributed by atoms with E-state index in [1.54, 1.807) is 0 Å². The van der Waals surface area contributed by atoms with Crippen LogP contribution in [0, 0.1) is 5.92 Å². The predicted octanol–water partition coefficient (Wildman–Crippen LogP) is 2.08. The van der Waals surface area contributed by atoms with Crippen LogP contribution in [0.1, 0.15) is 45.1 Å². The van der Waals surface area contributed by atoms with E-state index < -0.39 is 0 Å². The molecule has 0 atom stereocenters. The molecule has 1 heterocycles. The molecule has 0 aliphatic rings. The first-order valence-electron chi connectivity index (χ1n) is 7.80. The van der Waals surface area contributed by atoms with Gasteiger partial charge in [0.25, 0.3) is 0 Å². The average Bonchev–Trinajstić information content (AvgIpc) is 2.42. The summed E-state index contributed by atoms with van der Waals surface area (Å²) in [5.74, 6) is 1.78. The van der Waals surface area contributed by atoms with Crippen molar-refractivity contribution in [3.8, 4) is 0 Å². The predicted molar refractivity (Wildman–Crippen MR) is 89.6 cm³/mol. The molecule has 120 valence electrons. The van der Waals surface area contributed by atoms with Gasteiger partial charge in [-0.15, -0.1) is 0 Å². The van der Waals surface area contributed by atoms with E-state index in [9.17, 15) is 0 Å². The van der Waals surface area contributed by atoms with E-state index in [1.165, 1.54) is 0 Å². The van der Waals surface area contributed by atoms with Gasteiger partial charge in [0.2, 0.25) is 0 Å². The van der Waals surface area contributed by atoms with Gasteiger partial charge in [0.15, 0.2) is 0 Å². The number of anilines is 1. The Hall–Kier alpha value is -1.20. The zero-order valence-corrected chi connectivity index (χ0v) is 14.4. The van der Waals surface area contributed by atoms with Gasteiger partial charge in [0, 0.05) is 32.1 Å².